The van der Waals surface area contributed by atoms with Gasteiger partial charge in [-0.15, -0.1) is 0 Å². The smallest absolute Gasteiger partial charge is 0.410 e. The first-order chi connectivity index (χ1) is 10.1. The topological polar surface area (TPSA) is 45.3 Å². The zero-order valence-corrected chi connectivity index (χ0v) is 12.6. The molecule has 2 heterocycles. The molecule has 1 aliphatic heterocycles. The summed E-state index contributed by atoms with van der Waals surface area (Å²) in [5.74, 6) is 0. The van der Waals surface area contributed by atoms with Crippen molar-refractivity contribution in [1.82, 2.24) is 9.88 Å². The van der Waals surface area contributed by atoms with E-state index in [-0.39, 0.29) is 12.1 Å². The fraction of sp³-hybridized carbons (Fsp3) is 0.353. The highest BCUT2D eigenvalue weighted by Crippen LogP contribution is 2.36. The number of methoxy groups -OCH3 is 1. The Bertz CT molecular complexity index is 711. The van der Waals surface area contributed by atoms with E-state index in [9.17, 15) is 4.79 Å². The van der Waals surface area contributed by atoms with E-state index in [1.165, 1.54) is 23.6 Å². The van der Waals surface area contributed by atoms with Crippen molar-refractivity contribution in [2.45, 2.75) is 26.3 Å². The van der Waals surface area contributed by atoms with Gasteiger partial charge in [-0.25, -0.2) is 4.79 Å². The van der Waals surface area contributed by atoms with E-state index < -0.39 is 0 Å². The number of carbonyl (C=O) groups excluding carboxylic acids is 1. The maximum absolute atomic E-state index is 12.0. The van der Waals surface area contributed by atoms with Crippen LogP contribution in [0.2, 0.25) is 0 Å². The zero-order chi connectivity index (χ0) is 15.0. The number of carbonyl (C=O) groups is 1. The molecule has 1 N–H and O–H groups in total. The molecule has 2 aromatic rings. The number of benzene rings is 1. The number of nitrogens with one attached hydrogen (secondary N) is 1. The van der Waals surface area contributed by atoms with Crippen molar-refractivity contribution < 1.29 is 9.53 Å². The van der Waals surface area contributed by atoms with Crippen molar-refractivity contribution in [3.8, 4) is 0 Å². The van der Waals surface area contributed by atoms with E-state index in [0.29, 0.717) is 6.54 Å². The SMILES string of the molecule is COC(=O)N1CCc2c([nH]c3ccccc23)C1C=C(C)C. The molecule has 0 saturated carbocycles. The summed E-state index contributed by atoms with van der Waals surface area (Å²) >= 11 is 0. The summed E-state index contributed by atoms with van der Waals surface area (Å²) in [6.07, 6.45) is 2.69. The molecule has 1 atom stereocenters. The molecule has 1 aromatic carbocycles. The van der Waals surface area contributed by atoms with Gasteiger partial charge in [-0.3, -0.25) is 4.90 Å². The van der Waals surface area contributed by atoms with Crippen LogP contribution in [0.3, 0.4) is 0 Å². The Labute approximate surface area is 124 Å². The molecule has 0 aliphatic carbocycles. The van der Waals surface area contributed by atoms with Gasteiger partial charge >= 0.3 is 6.09 Å². The Morgan fingerprint density at radius 2 is 2.14 bits per heavy atom. The molecular formula is C17H20N2O2. The number of aromatic amines is 1. The summed E-state index contributed by atoms with van der Waals surface area (Å²) in [5.41, 5.74) is 4.73. The number of amides is 1. The molecule has 0 saturated heterocycles. The lowest BCUT2D eigenvalue weighted by atomic mass is 9.96. The van der Waals surface area contributed by atoms with E-state index in [4.69, 9.17) is 4.74 Å². The predicted molar refractivity (Wildman–Crippen MR) is 83.3 cm³/mol. The van der Waals surface area contributed by atoms with Crippen molar-refractivity contribution in [1.29, 1.82) is 0 Å². The van der Waals surface area contributed by atoms with Crippen LogP contribution >= 0.6 is 0 Å². The Kier molecular flexibility index (Phi) is 3.45. The number of nitrogens with zero attached hydrogens (tertiary/aromatic N) is 1. The van der Waals surface area contributed by atoms with Crippen LogP contribution in [0, 0.1) is 0 Å². The zero-order valence-electron chi connectivity index (χ0n) is 12.6. The maximum Gasteiger partial charge on any atom is 0.410 e. The molecule has 0 fully saturated rings. The van der Waals surface area contributed by atoms with Crippen LogP contribution in [-0.4, -0.2) is 29.6 Å². The summed E-state index contributed by atoms with van der Waals surface area (Å²) in [6, 6.07) is 8.21. The van der Waals surface area contributed by atoms with Crippen molar-refractivity contribution in [3.63, 3.8) is 0 Å². The van der Waals surface area contributed by atoms with E-state index in [0.717, 1.165) is 17.6 Å². The van der Waals surface area contributed by atoms with Crippen LogP contribution in [0.5, 0.6) is 0 Å². The lowest BCUT2D eigenvalue weighted by Gasteiger charge is -2.33. The first-order valence-electron chi connectivity index (χ1n) is 7.21. The van der Waals surface area contributed by atoms with Gasteiger partial charge < -0.3 is 9.72 Å². The Morgan fingerprint density at radius 1 is 1.38 bits per heavy atom. The highest BCUT2D eigenvalue weighted by Gasteiger charge is 2.32. The number of H-pyrrole nitrogens is 1. The van der Waals surface area contributed by atoms with Gasteiger partial charge in [0.2, 0.25) is 0 Å². The molecule has 1 aliphatic rings. The highest BCUT2D eigenvalue weighted by atomic mass is 16.5. The first-order valence-corrected chi connectivity index (χ1v) is 7.21. The fourth-order valence-electron chi connectivity index (χ4n) is 3.08. The molecular weight excluding hydrogens is 264 g/mol. The van der Waals surface area contributed by atoms with E-state index in [1.807, 2.05) is 19.9 Å². The molecule has 1 unspecified atom stereocenters. The van der Waals surface area contributed by atoms with Crippen LogP contribution in [0.4, 0.5) is 4.79 Å². The normalized spacial score (nSPS) is 17.5. The Morgan fingerprint density at radius 3 is 2.86 bits per heavy atom. The summed E-state index contributed by atoms with van der Waals surface area (Å²) in [6.45, 7) is 4.77. The van der Waals surface area contributed by atoms with E-state index in [1.54, 1.807) is 4.90 Å². The first kappa shape index (κ1) is 13.7. The largest absolute Gasteiger partial charge is 0.453 e. The second-order valence-corrected chi connectivity index (χ2v) is 5.67. The third kappa shape index (κ3) is 2.31. The van der Waals surface area contributed by atoms with Crippen molar-refractivity contribution in [2.75, 3.05) is 13.7 Å². The summed E-state index contributed by atoms with van der Waals surface area (Å²) in [4.78, 5) is 17.3. The highest BCUT2D eigenvalue weighted by molar-refractivity contribution is 5.85. The van der Waals surface area contributed by atoms with E-state index >= 15 is 0 Å². The lowest BCUT2D eigenvalue weighted by Crippen LogP contribution is -2.39. The number of fused-ring (bicyclic) bond motifs is 3. The molecule has 110 valence electrons. The van der Waals surface area contributed by atoms with Gasteiger partial charge in [0, 0.05) is 23.1 Å². The molecule has 21 heavy (non-hydrogen) atoms. The number of rotatable bonds is 1. The van der Waals surface area contributed by atoms with Crippen LogP contribution < -0.4 is 0 Å². The molecule has 1 aromatic heterocycles. The second kappa shape index (κ2) is 5.28. The predicted octanol–water partition coefficient (Wildman–Crippen LogP) is 3.80. The van der Waals surface area contributed by atoms with E-state index in [2.05, 4.69) is 29.3 Å². The second-order valence-electron chi connectivity index (χ2n) is 5.67. The van der Waals surface area contributed by atoms with Crippen LogP contribution in [0.1, 0.15) is 31.1 Å². The van der Waals surface area contributed by atoms with Gasteiger partial charge in [0.1, 0.15) is 0 Å². The summed E-state index contributed by atoms with van der Waals surface area (Å²) in [7, 11) is 1.43. The van der Waals surface area contributed by atoms with Gasteiger partial charge in [0.05, 0.1) is 13.2 Å². The summed E-state index contributed by atoms with van der Waals surface area (Å²) < 4.78 is 4.93. The number of ether oxygens (including phenoxy) is 1. The monoisotopic (exact) mass is 284 g/mol. The van der Waals surface area contributed by atoms with Crippen molar-refractivity contribution in [3.05, 3.63) is 47.2 Å². The molecule has 4 heteroatoms. The van der Waals surface area contributed by atoms with Gasteiger partial charge in [0.15, 0.2) is 0 Å². The molecule has 4 nitrogen and oxygen atoms in total. The molecule has 1 amide bonds. The molecule has 3 rings (SSSR count). The van der Waals surface area contributed by atoms with Gasteiger partial charge in [-0.05, 0) is 31.9 Å². The number of aromatic nitrogens is 1. The van der Waals surface area contributed by atoms with Gasteiger partial charge in [-0.1, -0.05) is 29.8 Å². The quantitative estimate of drug-likeness (QED) is 0.810. The van der Waals surface area contributed by atoms with Gasteiger partial charge in [0.25, 0.3) is 0 Å². The number of para-hydroxylation sites is 1. The maximum atomic E-state index is 12.0. The summed E-state index contributed by atoms with van der Waals surface area (Å²) in [5, 5.41) is 1.25. The van der Waals surface area contributed by atoms with Crippen LogP contribution in [0.15, 0.2) is 35.9 Å². The standard InChI is InChI=1S/C17H20N2O2/c1-11(2)10-15-16-13(8-9-19(15)17(20)21-3)12-6-4-5-7-14(12)18-16/h4-7,10,15,18H,8-9H2,1-3H3. The molecule has 0 bridgehead atoms. The lowest BCUT2D eigenvalue weighted by molar-refractivity contribution is 0.109. The average molecular weight is 284 g/mol. The Hall–Kier alpha value is -2.23. The number of allylic oxidation sites excluding steroid dienone is 1. The third-order valence-corrected chi connectivity index (χ3v) is 3.98. The van der Waals surface area contributed by atoms with Crippen LogP contribution in [-0.2, 0) is 11.2 Å². The minimum atomic E-state index is -0.276. The fourth-order valence-corrected chi connectivity index (χ4v) is 3.08. The molecule has 0 spiro atoms. The average Bonchev–Trinajstić information content (AvgIpc) is 2.85. The third-order valence-electron chi connectivity index (χ3n) is 3.98. The number of hydrogen-bond donors (Lipinski definition) is 1. The van der Waals surface area contributed by atoms with Crippen molar-refractivity contribution >= 4 is 17.0 Å². The Balaban J connectivity index is 2.15. The van der Waals surface area contributed by atoms with Gasteiger partial charge in [-0.2, -0.15) is 0 Å². The number of hydrogen-bond acceptors (Lipinski definition) is 2. The van der Waals surface area contributed by atoms with Crippen molar-refractivity contribution in [2.24, 2.45) is 0 Å². The minimum Gasteiger partial charge on any atom is -0.453 e. The molecule has 0 radical (unpaired) electrons. The van der Waals surface area contributed by atoms with Crippen LogP contribution in [0.25, 0.3) is 10.9 Å². The minimum absolute atomic E-state index is 0.0846.